The van der Waals surface area contributed by atoms with Gasteiger partial charge in [0.25, 0.3) is 0 Å². The third-order valence-corrected chi connectivity index (χ3v) is 2.69. The minimum Gasteiger partial charge on any atom is -0.330 e. The first kappa shape index (κ1) is 11.8. The topological polar surface area (TPSA) is 60.9 Å². The minimum absolute atomic E-state index is 0.0469. The van der Waals surface area contributed by atoms with Crippen molar-refractivity contribution in [1.82, 2.24) is 9.78 Å². The average Bonchev–Trinajstić information content (AvgIpc) is 2.76. The van der Waals surface area contributed by atoms with Crippen molar-refractivity contribution in [3.05, 3.63) is 47.2 Å². The fourth-order valence-corrected chi connectivity index (χ4v) is 1.74. The third kappa shape index (κ3) is 2.54. The smallest absolute Gasteiger partial charge is 0.164 e. The summed E-state index contributed by atoms with van der Waals surface area (Å²) in [6.45, 7) is 0.367. The molecule has 88 valence electrons. The van der Waals surface area contributed by atoms with Gasteiger partial charge in [0.15, 0.2) is 5.78 Å². The molecule has 17 heavy (non-hydrogen) atoms. The summed E-state index contributed by atoms with van der Waals surface area (Å²) in [5.41, 5.74) is 6.82. The number of carbonyl (C=O) groups is 1. The summed E-state index contributed by atoms with van der Waals surface area (Å²) in [4.78, 5) is 11.6. The molecule has 1 heterocycles. The molecule has 0 saturated carbocycles. The van der Waals surface area contributed by atoms with Gasteiger partial charge in [0, 0.05) is 12.0 Å². The number of hydrogen-bond acceptors (Lipinski definition) is 3. The van der Waals surface area contributed by atoms with E-state index in [4.69, 9.17) is 17.3 Å². The molecule has 2 aromatic rings. The summed E-state index contributed by atoms with van der Waals surface area (Å²) < 4.78 is 1.60. The summed E-state index contributed by atoms with van der Waals surface area (Å²) in [5.74, 6) is 0.0469. The van der Waals surface area contributed by atoms with Gasteiger partial charge >= 0.3 is 0 Å². The Labute approximate surface area is 104 Å². The van der Waals surface area contributed by atoms with E-state index in [2.05, 4.69) is 5.10 Å². The van der Waals surface area contributed by atoms with Gasteiger partial charge in [-0.2, -0.15) is 5.10 Å². The molecule has 0 saturated heterocycles. The van der Waals surface area contributed by atoms with Gasteiger partial charge in [-0.25, -0.2) is 4.68 Å². The Kier molecular flexibility index (Phi) is 3.56. The maximum atomic E-state index is 11.6. The van der Waals surface area contributed by atoms with Crippen molar-refractivity contribution < 1.29 is 4.79 Å². The van der Waals surface area contributed by atoms with Gasteiger partial charge in [0.2, 0.25) is 0 Å². The lowest BCUT2D eigenvalue weighted by atomic mass is 10.1. The molecule has 0 aliphatic carbocycles. The van der Waals surface area contributed by atoms with E-state index in [9.17, 15) is 4.79 Å². The molecule has 0 atom stereocenters. The summed E-state index contributed by atoms with van der Waals surface area (Å²) in [6.07, 6.45) is 1.98. The van der Waals surface area contributed by atoms with E-state index in [0.717, 1.165) is 5.69 Å². The molecule has 0 aliphatic heterocycles. The quantitative estimate of drug-likeness (QED) is 0.844. The number of halogens is 1. The summed E-state index contributed by atoms with van der Waals surface area (Å²) in [6, 6.07) is 8.83. The number of Topliss-reactive ketones (excluding diaryl/α,β-unsaturated/α-hetero) is 1. The van der Waals surface area contributed by atoms with Crippen LogP contribution in [0.4, 0.5) is 0 Å². The highest BCUT2D eigenvalue weighted by Crippen LogP contribution is 2.15. The first-order valence-corrected chi connectivity index (χ1v) is 5.63. The van der Waals surface area contributed by atoms with Crippen LogP contribution in [0.1, 0.15) is 16.8 Å². The van der Waals surface area contributed by atoms with Crippen molar-refractivity contribution in [2.75, 3.05) is 6.54 Å². The minimum atomic E-state index is 0.0469. The number of carbonyl (C=O) groups excluding carboxylic acids is 1. The van der Waals surface area contributed by atoms with E-state index < -0.39 is 0 Å². The Balaban J connectivity index is 2.25. The van der Waals surface area contributed by atoms with Crippen LogP contribution in [0, 0.1) is 0 Å². The second-order valence-electron chi connectivity index (χ2n) is 3.57. The first-order chi connectivity index (χ1) is 8.22. The summed E-state index contributed by atoms with van der Waals surface area (Å²) in [5, 5.41) is 4.61. The summed E-state index contributed by atoms with van der Waals surface area (Å²) in [7, 11) is 0. The summed E-state index contributed by atoms with van der Waals surface area (Å²) >= 11 is 5.94. The zero-order valence-electron chi connectivity index (χ0n) is 9.14. The molecule has 1 aromatic carbocycles. The van der Waals surface area contributed by atoms with Gasteiger partial charge in [0.1, 0.15) is 5.15 Å². The van der Waals surface area contributed by atoms with Crippen molar-refractivity contribution in [1.29, 1.82) is 0 Å². The lowest BCUT2D eigenvalue weighted by molar-refractivity contribution is 0.0985. The molecule has 1 aromatic heterocycles. The molecule has 2 N–H and O–H groups in total. The maximum Gasteiger partial charge on any atom is 0.164 e. The SMILES string of the molecule is NCCC(=O)c1ccc(-n2nccc2Cl)cc1. The van der Waals surface area contributed by atoms with Gasteiger partial charge in [-0.15, -0.1) is 0 Å². The van der Waals surface area contributed by atoms with Gasteiger partial charge in [-0.3, -0.25) is 4.79 Å². The number of ketones is 1. The molecule has 0 aliphatic rings. The van der Waals surface area contributed by atoms with Crippen LogP contribution in [0.2, 0.25) is 5.15 Å². The zero-order chi connectivity index (χ0) is 12.3. The Morgan fingerprint density at radius 3 is 2.53 bits per heavy atom. The van der Waals surface area contributed by atoms with E-state index in [1.54, 1.807) is 29.1 Å². The molecule has 0 spiro atoms. The second kappa shape index (κ2) is 5.12. The van der Waals surface area contributed by atoms with E-state index in [-0.39, 0.29) is 5.78 Å². The number of benzene rings is 1. The number of nitrogens with two attached hydrogens (primary N) is 1. The fourth-order valence-electron chi connectivity index (χ4n) is 1.54. The molecule has 0 unspecified atom stereocenters. The predicted octanol–water partition coefficient (Wildman–Crippen LogP) is 2.06. The Morgan fingerprint density at radius 1 is 1.29 bits per heavy atom. The Hall–Kier alpha value is -1.65. The highest BCUT2D eigenvalue weighted by molar-refractivity contribution is 6.29. The molecule has 0 bridgehead atoms. The van der Waals surface area contributed by atoms with Crippen LogP contribution in [-0.2, 0) is 0 Å². The Bertz CT molecular complexity index is 519. The van der Waals surface area contributed by atoms with E-state index in [1.807, 2.05) is 12.1 Å². The van der Waals surface area contributed by atoms with Crippen LogP contribution in [0.15, 0.2) is 36.5 Å². The predicted molar refractivity (Wildman–Crippen MR) is 66.6 cm³/mol. The normalized spacial score (nSPS) is 10.5. The van der Waals surface area contributed by atoms with Crippen molar-refractivity contribution in [3.63, 3.8) is 0 Å². The lowest BCUT2D eigenvalue weighted by Gasteiger charge is -2.04. The largest absolute Gasteiger partial charge is 0.330 e. The van der Waals surface area contributed by atoms with Gasteiger partial charge < -0.3 is 5.73 Å². The molecule has 0 fully saturated rings. The van der Waals surface area contributed by atoms with Crippen LogP contribution in [0.5, 0.6) is 0 Å². The molecule has 5 heteroatoms. The van der Waals surface area contributed by atoms with Crippen LogP contribution < -0.4 is 5.73 Å². The van der Waals surface area contributed by atoms with Crippen LogP contribution in [0.25, 0.3) is 5.69 Å². The van der Waals surface area contributed by atoms with Crippen LogP contribution in [0.3, 0.4) is 0 Å². The number of hydrogen-bond donors (Lipinski definition) is 1. The monoisotopic (exact) mass is 249 g/mol. The average molecular weight is 250 g/mol. The lowest BCUT2D eigenvalue weighted by Crippen LogP contribution is -2.08. The van der Waals surface area contributed by atoms with Crippen LogP contribution >= 0.6 is 11.6 Å². The van der Waals surface area contributed by atoms with Crippen molar-refractivity contribution in [2.24, 2.45) is 5.73 Å². The van der Waals surface area contributed by atoms with E-state index in [0.29, 0.717) is 23.7 Å². The Morgan fingerprint density at radius 2 is 2.00 bits per heavy atom. The molecular formula is C12H12ClN3O. The molecule has 0 amide bonds. The van der Waals surface area contributed by atoms with E-state index >= 15 is 0 Å². The van der Waals surface area contributed by atoms with E-state index in [1.165, 1.54) is 0 Å². The van der Waals surface area contributed by atoms with Crippen molar-refractivity contribution in [3.8, 4) is 5.69 Å². The molecular weight excluding hydrogens is 238 g/mol. The zero-order valence-corrected chi connectivity index (χ0v) is 9.89. The highest BCUT2D eigenvalue weighted by Gasteiger charge is 2.06. The second-order valence-corrected chi connectivity index (χ2v) is 3.96. The molecule has 2 rings (SSSR count). The highest BCUT2D eigenvalue weighted by atomic mass is 35.5. The van der Waals surface area contributed by atoms with Crippen molar-refractivity contribution in [2.45, 2.75) is 6.42 Å². The van der Waals surface area contributed by atoms with Gasteiger partial charge in [-0.05, 0) is 36.9 Å². The fraction of sp³-hybridized carbons (Fsp3) is 0.167. The van der Waals surface area contributed by atoms with Crippen LogP contribution in [-0.4, -0.2) is 22.1 Å². The number of nitrogens with zero attached hydrogens (tertiary/aromatic N) is 2. The van der Waals surface area contributed by atoms with Crippen molar-refractivity contribution >= 4 is 17.4 Å². The standard InChI is InChI=1S/C12H12ClN3O/c13-12-6-8-15-16(12)10-3-1-9(2-4-10)11(17)5-7-14/h1-4,6,8H,5,7,14H2. The molecule has 0 radical (unpaired) electrons. The maximum absolute atomic E-state index is 11.6. The molecule has 4 nitrogen and oxygen atoms in total. The third-order valence-electron chi connectivity index (χ3n) is 2.40. The number of rotatable bonds is 4. The van der Waals surface area contributed by atoms with Gasteiger partial charge in [-0.1, -0.05) is 11.6 Å². The first-order valence-electron chi connectivity index (χ1n) is 5.25. The van der Waals surface area contributed by atoms with Gasteiger partial charge in [0.05, 0.1) is 11.9 Å². The number of aromatic nitrogens is 2.